The van der Waals surface area contributed by atoms with Crippen LogP contribution in [0, 0.1) is 0 Å². The number of imidazole rings is 1. The second-order valence-corrected chi connectivity index (χ2v) is 11.7. The van der Waals surface area contributed by atoms with E-state index in [1.807, 2.05) is 74.0 Å². The predicted molar refractivity (Wildman–Crippen MR) is 155 cm³/mol. The van der Waals surface area contributed by atoms with Gasteiger partial charge in [-0.05, 0) is 30.5 Å². The molecule has 0 amide bonds. The average molecular weight is 566 g/mol. The second kappa shape index (κ2) is 9.03. The molecule has 1 N–H and O–H groups in total. The van der Waals surface area contributed by atoms with Crippen molar-refractivity contribution < 1.29 is 13.9 Å². The van der Waals surface area contributed by atoms with Crippen molar-refractivity contribution in [2.45, 2.75) is 49.7 Å². The van der Waals surface area contributed by atoms with Crippen LogP contribution in [0.1, 0.15) is 54.2 Å². The topological polar surface area (TPSA) is 86.6 Å². The first-order valence-electron chi connectivity index (χ1n) is 14.3. The molecule has 8 rings (SSSR count). The molecule has 2 aromatic carbocycles. The maximum absolute atomic E-state index is 14.4. The fourth-order valence-electron chi connectivity index (χ4n) is 6.17. The maximum atomic E-state index is 14.4. The minimum Gasteiger partial charge on any atom is -0.386 e. The maximum Gasteiger partial charge on any atom is 0.257 e. The Bertz CT molecular complexity index is 1990. The summed E-state index contributed by atoms with van der Waals surface area (Å²) in [5.41, 5.74) is 5.95. The summed E-state index contributed by atoms with van der Waals surface area (Å²) < 4.78 is 34.4. The zero-order valence-electron chi connectivity index (χ0n) is 23.2. The number of nitrogens with zero attached hydrogens (tertiary/aromatic N) is 7. The zero-order valence-corrected chi connectivity index (χ0v) is 23.2. The molecule has 0 bridgehead atoms. The lowest BCUT2D eigenvalue weighted by Gasteiger charge is -2.10. The summed E-state index contributed by atoms with van der Waals surface area (Å²) >= 11 is 0. The molecule has 42 heavy (non-hydrogen) atoms. The molecule has 4 aromatic heterocycles. The van der Waals surface area contributed by atoms with Crippen LogP contribution in [-0.2, 0) is 20.6 Å². The number of aryl methyl sites for hydroxylation is 1. The first-order valence-corrected chi connectivity index (χ1v) is 14.3. The van der Waals surface area contributed by atoms with Crippen LogP contribution >= 0.6 is 0 Å². The Morgan fingerprint density at radius 3 is 2.50 bits per heavy atom. The predicted octanol–water partition coefficient (Wildman–Crippen LogP) is 6.12. The fraction of sp³-hybridized carbons (Fsp3) is 0.312. The Labute approximate surface area is 240 Å². The number of halogens is 2. The van der Waals surface area contributed by atoms with E-state index >= 15 is 0 Å². The minimum atomic E-state index is -2.78. The third-order valence-electron chi connectivity index (χ3n) is 8.54. The van der Waals surface area contributed by atoms with Gasteiger partial charge in [0.25, 0.3) is 5.92 Å². The van der Waals surface area contributed by atoms with Gasteiger partial charge in [0.05, 0.1) is 35.5 Å². The molecule has 2 saturated carbocycles. The monoisotopic (exact) mass is 565 g/mol. The molecule has 2 atom stereocenters. The van der Waals surface area contributed by atoms with Gasteiger partial charge in [-0.3, -0.25) is 9.36 Å². The number of aliphatic hydroxyl groups excluding tert-OH is 1. The Morgan fingerprint density at radius 1 is 0.976 bits per heavy atom. The lowest BCUT2D eigenvalue weighted by atomic mass is 10.0. The average Bonchev–Trinajstić information content (AvgIpc) is 3.77. The molecule has 2 aliphatic carbocycles. The van der Waals surface area contributed by atoms with E-state index in [1.165, 1.54) is 0 Å². The van der Waals surface area contributed by atoms with Gasteiger partial charge in [0.2, 0.25) is 0 Å². The summed E-state index contributed by atoms with van der Waals surface area (Å²) in [6.45, 7) is 0.316. The lowest BCUT2D eigenvalue weighted by Crippen LogP contribution is -2.08. The van der Waals surface area contributed by atoms with E-state index in [-0.39, 0.29) is 6.42 Å². The van der Waals surface area contributed by atoms with Crippen molar-refractivity contribution >= 4 is 21.9 Å². The highest BCUT2D eigenvalue weighted by molar-refractivity contribution is 5.95. The molecule has 0 spiro atoms. The van der Waals surface area contributed by atoms with E-state index in [2.05, 4.69) is 14.6 Å². The van der Waals surface area contributed by atoms with E-state index in [1.54, 1.807) is 16.4 Å². The van der Waals surface area contributed by atoms with E-state index in [0.29, 0.717) is 35.2 Å². The first-order chi connectivity index (χ1) is 20.3. The number of hydrogen-bond donors (Lipinski definition) is 1. The smallest absolute Gasteiger partial charge is 0.257 e. The van der Waals surface area contributed by atoms with E-state index in [9.17, 15) is 13.9 Å². The molecule has 1 unspecified atom stereocenters. The van der Waals surface area contributed by atoms with Crippen molar-refractivity contribution in [1.29, 1.82) is 0 Å². The molecule has 10 heteroatoms. The summed E-state index contributed by atoms with van der Waals surface area (Å²) in [7, 11) is 3.78. The van der Waals surface area contributed by atoms with Crippen LogP contribution in [0.2, 0.25) is 0 Å². The third-order valence-corrected chi connectivity index (χ3v) is 8.54. The number of pyridine rings is 1. The highest BCUT2D eigenvalue weighted by Crippen LogP contribution is 2.57. The normalized spacial score (nSPS) is 18.6. The molecule has 2 aliphatic rings. The number of aliphatic hydroxyl groups is 1. The molecule has 0 radical (unpaired) electrons. The summed E-state index contributed by atoms with van der Waals surface area (Å²) in [6, 6.07) is 17.4. The van der Waals surface area contributed by atoms with Gasteiger partial charge >= 0.3 is 0 Å². The van der Waals surface area contributed by atoms with Gasteiger partial charge in [-0.1, -0.05) is 42.5 Å². The molecule has 6 aromatic rings. The van der Waals surface area contributed by atoms with Crippen LogP contribution in [0.15, 0.2) is 67.0 Å². The quantitative estimate of drug-likeness (QED) is 0.252. The van der Waals surface area contributed by atoms with Crippen LogP contribution in [0.4, 0.5) is 8.78 Å². The van der Waals surface area contributed by atoms with E-state index in [4.69, 9.17) is 10.1 Å². The van der Waals surface area contributed by atoms with Gasteiger partial charge < -0.3 is 9.67 Å². The number of rotatable bonds is 7. The molecular formula is C32H29F2N7O. The SMILES string of the molecule is Cn1cc2cc(-c3nc(-c4cccc5nn(C[C@H](O)c6ccccc6)cc45)c(C4CC4)n3C)c(C3CC3(F)F)nc2n1. The summed E-state index contributed by atoms with van der Waals surface area (Å²) in [5, 5.41) is 21.7. The number of aromatic nitrogens is 7. The van der Waals surface area contributed by atoms with Gasteiger partial charge in [-0.15, -0.1) is 0 Å². The van der Waals surface area contributed by atoms with Crippen LogP contribution in [0.3, 0.4) is 0 Å². The van der Waals surface area contributed by atoms with Crippen molar-refractivity contribution in [3.8, 4) is 22.6 Å². The minimum absolute atomic E-state index is 0.217. The third kappa shape index (κ3) is 4.12. The van der Waals surface area contributed by atoms with Gasteiger partial charge in [-0.25, -0.2) is 18.7 Å². The summed E-state index contributed by atoms with van der Waals surface area (Å²) in [6.07, 6.45) is 5.01. The van der Waals surface area contributed by atoms with Crippen molar-refractivity contribution in [3.63, 3.8) is 0 Å². The molecule has 212 valence electrons. The number of hydrogen-bond acceptors (Lipinski definition) is 5. The number of alkyl halides is 2. The summed E-state index contributed by atoms with van der Waals surface area (Å²) in [4.78, 5) is 9.82. The molecular weight excluding hydrogens is 536 g/mol. The van der Waals surface area contributed by atoms with Crippen molar-refractivity contribution in [1.82, 2.24) is 34.1 Å². The Kier molecular flexibility index (Phi) is 5.43. The van der Waals surface area contributed by atoms with Crippen molar-refractivity contribution in [2.24, 2.45) is 14.1 Å². The fourth-order valence-corrected chi connectivity index (χ4v) is 6.17. The van der Waals surface area contributed by atoms with Crippen LogP contribution in [0.5, 0.6) is 0 Å². The molecule has 8 nitrogen and oxygen atoms in total. The number of benzene rings is 2. The molecule has 0 aliphatic heterocycles. The summed E-state index contributed by atoms with van der Waals surface area (Å²) in [5.74, 6) is -2.74. The van der Waals surface area contributed by atoms with Gasteiger partial charge in [0.1, 0.15) is 5.82 Å². The van der Waals surface area contributed by atoms with Crippen molar-refractivity contribution in [2.75, 3.05) is 0 Å². The Morgan fingerprint density at radius 2 is 1.76 bits per heavy atom. The second-order valence-electron chi connectivity index (χ2n) is 11.7. The Hall–Kier alpha value is -4.44. The lowest BCUT2D eigenvalue weighted by molar-refractivity contribution is 0.111. The van der Waals surface area contributed by atoms with Gasteiger partial charge in [-0.2, -0.15) is 10.2 Å². The van der Waals surface area contributed by atoms with Gasteiger partial charge in [0.15, 0.2) is 5.65 Å². The van der Waals surface area contributed by atoms with Crippen molar-refractivity contribution in [3.05, 3.63) is 83.9 Å². The highest BCUT2D eigenvalue weighted by Gasteiger charge is 2.59. The zero-order chi connectivity index (χ0) is 28.7. The highest BCUT2D eigenvalue weighted by atomic mass is 19.3. The standard InChI is InChI=1S/C32H29F2N7O/c1-39-15-20-13-22(27(35-30(20)38-39)24-14-32(24,33)34)31-36-28(29(40(31)2)19-11-12-19)21-9-6-10-25-23(21)16-41(37-25)17-26(42)18-7-4-3-5-8-18/h3-10,13,15-16,19,24,26,42H,11-12,14,17H2,1-2H3/t24?,26-/m0/s1. The van der Waals surface area contributed by atoms with Crippen LogP contribution in [-0.4, -0.2) is 45.1 Å². The van der Waals surface area contributed by atoms with Gasteiger partial charge in [0, 0.05) is 66.4 Å². The molecule has 4 heterocycles. The van der Waals surface area contributed by atoms with E-state index < -0.39 is 17.9 Å². The van der Waals surface area contributed by atoms with Crippen LogP contribution in [0.25, 0.3) is 44.6 Å². The Balaban J connectivity index is 1.26. The molecule has 2 fully saturated rings. The number of fused-ring (bicyclic) bond motifs is 2. The molecule has 0 saturated heterocycles. The van der Waals surface area contributed by atoms with Crippen LogP contribution < -0.4 is 0 Å². The first kappa shape index (κ1) is 25.3. The largest absolute Gasteiger partial charge is 0.386 e. The van der Waals surface area contributed by atoms with E-state index in [0.717, 1.165) is 51.6 Å².